The van der Waals surface area contributed by atoms with Gasteiger partial charge in [-0.25, -0.2) is 4.98 Å². The van der Waals surface area contributed by atoms with Gasteiger partial charge in [0.1, 0.15) is 0 Å². The molecule has 23 heavy (non-hydrogen) atoms. The minimum absolute atomic E-state index is 0.0307. The average molecular weight is 308 g/mol. The van der Waals surface area contributed by atoms with Gasteiger partial charge in [-0.15, -0.1) is 0 Å². The lowest BCUT2D eigenvalue weighted by Gasteiger charge is -2.07. The van der Waals surface area contributed by atoms with Crippen LogP contribution in [-0.2, 0) is 0 Å². The van der Waals surface area contributed by atoms with Crippen molar-refractivity contribution >= 4 is 5.69 Å². The van der Waals surface area contributed by atoms with Crippen LogP contribution in [0.3, 0.4) is 0 Å². The largest absolute Gasteiger partial charge is 0.269 e. The van der Waals surface area contributed by atoms with Gasteiger partial charge in [-0.1, -0.05) is 29.8 Å². The highest BCUT2D eigenvalue weighted by Gasteiger charge is 2.11. The molecule has 0 atom stereocenters. The smallest absolute Gasteiger partial charge is 0.258 e. The summed E-state index contributed by atoms with van der Waals surface area (Å²) in [6.07, 6.45) is 1.48. The van der Waals surface area contributed by atoms with Gasteiger partial charge in [-0.05, 0) is 36.2 Å². The topological polar surface area (TPSA) is 56.0 Å². The van der Waals surface area contributed by atoms with E-state index in [9.17, 15) is 14.5 Å². The summed E-state index contributed by atoms with van der Waals surface area (Å²) in [5, 5.41) is 10.7. The van der Waals surface area contributed by atoms with Gasteiger partial charge in [0.15, 0.2) is 0 Å². The third-order valence-electron chi connectivity index (χ3n) is 3.61. The molecule has 4 nitrogen and oxygen atoms in total. The zero-order chi connectivity index (χ0) is 16.4. The maximum absolute atomic E-state index is 14.0. The molecule has 5 heteroatoms. The molecule has 0 radical (unpaired) electrons. The van der Waals surface area contributed by atoms with Crippen LogP contribution < -0.4 is 0 Å². The molecule has 3 aromatic rings. The van der Waals surface area contributed by atoms with Crippen molar-refractivity contribution in [3.05, 3.63) is 82.4 Å². The van der Waals surface area contributed by atoms with E-state index in [1.807, 2.05) is 31.2 Å². The van der Waals surface area contributed by atoms with Crippen molar-refractivity contribution in [3.8, 4) is 22.3 Å². The Kier molecular flexibility index (Phi) is 3.85. The Balaban J connectivity index is 2.03. The first kappa shape index (κ1) is 14.8. The zero-order valence-corrected chi connectivity index (χ0v) is 12.4. The van der Waals surface area contributed by atoms with E-state index in [2.05, 4.69) is 4.98 Å². The number of hydrogen-bond donors (Lipinski definition) is 0. The summed E-state index contributed by atoms with van der Waals surface area (Å²) in [4.78, 5) is 14.0. The fraction of sp³-hybridized carbons (Fsp3) is 0.0556. The second-order valence-electron chi connectivity index (χ2n) is 5.23. The van der Waals surface area contributed by atoms with Gasteiger partial charge in [-0.3, -0.25) is 10.1 Å². The summed E-state index contributed by atoms with van der Waals surface area (Å²) < 4.78 is 14.0. The second-order valence-corrected chi connectivity index (χ2v) is 5.23. The number of hydrogen-bond acceptors (Lipinski definition) is 3. The molecule has 1 aromatic heterocycles. The summed E-state index contributed by atoms with van der Waals surface area (Å²) in [6.45, 7) is 2.00. The van der Waals surface area contributed by atoms with Crippen molar-refractivity contribution < 1.29 is 9.31 Å². The summed E-state index contributed by atoms with van der Waals surface area (Å²) in [5.41, 5.74) is 3.70. The van der Waals surface area contributed by atoms with Crippen LogP contribution in [0.25, 0.3) is 22.3 Å². The number of halogens is 1. The second kappa shape index (κ2) is 5.96. The van der Waals surface area contributed by atoms with E-state index < -0.39 is 10.9 Å². The van der Waals surface area contributed by atoms with Crippen LogP contribution in [0, 0.1) is 23.0 Å². The molecule has 1 heterocycles. The maximum atomic E-state index is 14.0. The molecule has 0 fully saturated rings. The van der Waals surface area contributed by atoms with Crippen LogP contribution in [0.5, 0.6) is 0 Å². The van der Waals surface area contributed by atoms with Crippen molar-refractivity contribution in [3.63, 3.8) is 0 Å². The number of nitrogens with zero attached hydrogens (tertiary/aromatic N) is 2. The minimum atomic E-state index is -0.602. The first-order valence-electron chi connectivity index (χ1n) is 7.02. The van der Waals surface area contributed by atoms with E-state index in [0.717, 1.165) is 16.7 Å². The van der Waals surface area contributed by atoms with E-state index in [4.69, 9.17) is 0 Å². The lowest BCUT2D eigenvalue weighted by molar-refractivity contribution is -0.384. The molecule has 0 aliphatic rings. The lowest BCUT2D eigenvalue weighted by atomic mass is 10.0. The van der Waals surface area contributed by atoms with E-state index in [1.54, 1.807) is 6.07 Å². The normalized spacial score (nSPS) is 10.5. The number of rotatable bonds is 3. The van der Waals surface area contributed by atoms with Gasteiger partial charge < -0.3 is 0 Å². The highest BCUT2D eigenvalue weighted by Crippen LogP contribution is 2.28. The number of aromatic nitrogens is 1. The molecule has 0 N–H and O–H groups in total. The molecule has 3 rings (SSSR count). The van der Waals surface area contributed by atoms with Crippen LogP contribution in [0.4, 0.5) is 10.1 Å². The molecule has 0 spiro atoms. The van der Waals surface area contributed by atoms with Crippen LogP contribution >= 0.6 is 0 Å². The third-order valence-corrected chi connectivity index (χ3v) is 3.61. The molecule has 0 unspecified atom stereocenters. The fourth-order valence-electron chi connectivity index (χ4n) is 2.32. The average Bonchev–Trinajstić information content (AvgIpc) is 2.56. The molecule has 0 aliphatic carbocycles. The third kappa shape index (κ3) is 3.08. The number of nitro benzene ring substituents is 1. The van der Waals surface area contributed by atoms with Gasteiger partial charge >= 0.3 is 0 Å². The quantitative estimate of drug-likeness (QED) is 0.398. The van der Waals surface area contributed by atoms with Crippen LogP contribution in [0.15, 0.2) is 60.8 Å². The van der Waals surface area contributed by atoms with Crippen molar-refractivity contribution in [1.82, 2.24) is 4.98 Å². The minimum Gasteiger partial charge on any atom is -0.258 e. The number of pyridine rings is 1. The standard InChI is InChI=1S/C18H13FN2O2/c1-12-2-4-13(5-3-12)15-10-17(18(19)20-11-15)14-6-8-16(9-7-14)21(22)23/h2-11H,1H3. The highest BCUT2D eigenvalue weighted by molar-refractivity contribution is 5.72. The van der Waals surface area contributed by atoms with Gasteiger partial charge in [0.25, 0.3) is 5.69 Å². The van der Waals surface area contributed by atoms with Crippen molar-refractivity contribution in [2.45, 2.75) is 6.92 Å². The molecule has 0 saturated carbocycles. The Morgan fingerprint density at radius 1 is 0.957 bits per heavy atom. The number of non-ortho nitro benzene ring substituents is 1. The van der Waals surface area contributed by atoms with Crippen molar-refractivity contribution in [1.29, 1.82) is 0 Å². The molecule has 114 valence electrons. The number of nitro groups is 1. The molecular formula is C18H13FN2O2. The van der Waals surface area contributed by atoms with Crippen LogP contribution in [-0.4, -0.2) is 9.91 Å². The number of benzene rings is 2. The van der Waals surface area contributed by atoms with Gasteiger partial charge in [-0.2, -0.15) is 4.39 Å². The predicted molar refractivity (Wildman–Crippen MR) is 86.5 cm³/mol. The van der Waals surface area contributed by atoms with E-state index in [-0.39, 0.29) is 5.69 Å². The first-order chi connectivity index (χ1) is 11.0. The van der Waals surface area contributed by atoms with Gasteiger partial charge in [0, 0.05) is 29.5 Å². The molecular weight excluding hydrogens is 295 g/mol. The Morgan fingerprint density at radius 2 is 1.57 bits per heavy atom. The lowest BCUT2D eigenvalue weighted by Crippen LogP contribution is -1.92. The molecule has 0 amide bonds. The van der Waals surface area contributed by atoms with E-state index in [1.165, 1.54) is 30.5 Å². The number of aryl methyl sites for hydroxylation is 1. The maximum Gasteiger partial charge on any atom is 0.269 e. The Hall–Kier alpha value is -3.08. The SMILES string of the molecule is Cc1ccc(-c2cnc(F)c(-c3ccc([N+](=O)[O-])cc3)c2)cc1. The monoisotopic (exact) mass is 308 g/mol. The summed E-state index contributed by atoms with van der Waals surface area (Å²) in [5.74, 6) is -0.602. The van der Waals surface area contributed by atoms with Gasteiger partial charge in [0.05, 0.1) is 4.92 Å². The predicted octanol–water partition coefficient (Wildman–Crippen LogP) is 4.77. The van der Waals surface area contributed by atoms with E-state index >= 15 is 0 Å². The van der Waals surface area contributed by atoms with E-state index in [0.29, 0.717) is 11.1 Å². The van der Waals surface area contributed by atoms with Gasteiger partial charge in [0.2, 0.25) is 5.95 Å². The Morgan fingerprint density at radius 3 is 2.17 bits per heavy atom. The summed E-state index contributed by atoms with van der Waals surface area (Å²) in [6, 6.07) is 15.3. The Bertz CT molecular complexity index is 859. The Labute approximate surface area is 132 Å². The fourth-order valence-corrected chi connectivity index (χ4v) is 2.32. The molecule has 0 aliphatic heterocycles. The van der Waals surface area contributed by atoms with Crippen LogP contribution in [0.1, 0.15) is 5.56 Å². The highest BCUT2D eigenvalue weighted by atomic mass is 19.1. The zero-order valence-electron chi connectivity index (χ0n) is 12.4. The summed E-state index contributed by atoms with van der Waals surface area (Å²) >= 11 is 0. The van der Waals surface area contributed by atoms with Crippen LogP contribution in [0.2, 0.25) is 0 Å². The molecule has 0 saturated heterocycles. The first-order valence-corrected chi connectivity index (χ1v) is 7.02. The summed E-state index contributed by atoms with van der Waals surface area (Å²) in [7, 11) is 0. The van der Waals surface area contributed by atoms with Crippen molar-refractivity contribution in [2.75, 3.05) is 0 Å². The molecule has 2 aromatic carbocycles. The van der Waals surface area contributed by atoms with Crippen molar-refractivity contribution in [2.24, 2.45) is 0 Å². The molecule has 0 bridgehead atoms.